The second-order valence-corrected chi connectivity index (χ2v) is 14.5. The van der Waals surface area contributed by atoms with Crippen molar-refractivity contribution in [3.8, 4) is 5.75 Å². The lowest BCUT2D eigenvalue weighted by Crippen LogP contribution is -2.45. The van der Waals surface area contributed by atoms with Crippen molar-refractivity contribution < 1.29 is 13.9 Å². The molecule has 0 amide bonds. The van der Waals surface area contributed by atoms with E-state index in [1.807, 2.05) is 30.3 Å². The molecule has 4 heteroatoms. The number of hydrogen-bond donors (Lipinski definition) is 0. The molecule has 0 aliphatic carbocycles. The highest BCUT2D eigenvalue weighted by atomic mass is 28.4. The summed E-state index contributed by atoms with van der Waals surface area (Å²) in [7, 11) is -0.195. The maximum atomic E-state index is 6.83. The molecule has 3 nitrogen and oxygen atoms in total. The fourth-order valence-electron chi connectivity index (χ4n) is 3.05. The van der Waals surface area contributed by atoms with Gasteiger partial charge in [-0.25, -0.2) is 0 Å². The van der Waals surface area contributed by atoms with E-state index in [1.54, 1.807) is 7.11 Å². The largest absolute Gasteiger partial charge is 0.497 e. The lowest BCUT2D eigenvalue weighted by molar-refractivity contribution is 0.0642. The zero-order chi connectivity index (χ0) is 22.9. The lowest BCUT2D eigenvalue weighted by atomic mass is 10.0. The highest BCUT2D eigenvalue weighted by molar-refractivity contribution is 6.74. The minimum atomic E-state index is -1.88. The molecule has 0 aromatic heterocycles. The van der Waals surface area contributed by atoms with Crippen molar-refractivity contribution in [3.05, 3.63) is 71.8 Å². The third kappa shape index (κ3) is 8.28. The van der Waals surface area contributed by atoms with Crippen LogP contribution in [-0.2, 0) is 15.8 Å². The molecular weight excluding hydrogens is 400 g/mol. The summed E-state index contributed by atoms with van der Waals surface area (Å²) in [6.07, 6.45) is 5.49. The second kappa shape index (κ2) is 11.7. The van der Waals surface area contributed by atoms with Crippen LogP contribution in [-0.4, -0.2) is 28.1 Å². The first-order valence-corrected chi connectivity index (χ1v) is 14.1. The Bertz CT molecular complexity index is 791. The number of rotatable bonds is 11. The van der Waals surface area contributed by atoms with Crippen molar-refractivity contribution in [3.63, 3.8) is 0 Å². The third-order valence-electron chi connectivity index (χ3n) is 6.20. The Balaban J connectivity index is 1.99. The van der Waals surface area contributed by atoms with E-state index in [9.17, 15) is 0 Å². The van der Waals surface area contributed by atoms with E-state index in [2.05, 4.69) is 77.2 Å². The van der Waals surface area contributed by atoms with Crippen LogP contribution in [0.25, 0.3) is 6.08 Å². The van der Waals surface area contributed by atoms with Crippen LogP contribution in [0.4, 0.5) is 0 Å². The number of hydrogen-bond acceptors (Lipinski definition) is 3. The average molecular weight is 441 g/mol. The molecule has 2 aromatic rings. The van der Waals surface area contributed by atoms with Crippen molar-refractivity contribution in [1.29, 1.82) is 0 Å². The molecule has 31 heavy (non-hydrogen) atoms. The van der Waals surface area contributed by atoms with Crippen molar-refractivity contribution >= 4 is 14.4 Å². The Kier molecular flexibility index (Phi) is 9.54. The van der Waals surface area contributed by atoms with Gasteiger partial charge in [-0.3, -0.25) is 0 Å². The fourth-order valence-corrected chi connectivity index (χ4v) is 4.49. The molecule has 0 aliphatic heterocycles. The van der Waals surface area contributed by atoms with Crippen LogP contribution in [0.15, 0.2) is 60.7 Å². The molecule has 0 unspecified atom stereocenters. The Morgan fingerprint density at radius 3 is 2.19 bits per heavy atom. The summed E-state index contributed by atoms with van der Waals surface area (Å²) in [6.45, 7) is 15.1. The second-order valence-electron chi connectivity index (χ2n) is 9.73. The Labute approximate surface area is 190 Å². The highest BCUT2D eigenvalue weighted by Crippen LogP contribution is 2.38. The molecule has 0 bridgehead atoms. The molecular formula is C27H40O3Si. The summed E-state index contributed by atoms with van der Waals surface area (Å²) < 4.78 is 18.1. The first kappa shape index (κ1) is 25.4. The van der Waals surface area contributed by atoms with Crippen LogP contribution in [0.2, 0.25) is 18.1 Å². The Hall–Kier alpha value is -1.88. The third-order valence-corrected chi connectivity index (χ3v) is 10.7. The van der Waals surface area contributed by atoms with Crippen molar-refractivity contribution in [2.75, 3.05) is 13.7 Å². The van der Waals surface area contributed by atoms with Crippen molar-refractivity contribution in [2.45, 2.75) is 65.0 Å². The van der Waals surface area contributed by atoms with E-state index in [0.29, 0.717) is 19.1 Å². The fraction of sp³-hybridized carbons (Fsp3) is 0.481. The van der Waals surface area contributed by atoms with Gasteiger partial charge in [-0.1, -0.05) is 82.3 Å². The highest BCUT2D eigenvalue weighted by Gasteiger charge is 2.39. The first-order valence-electron chi connectivity index (χ1n) is 11.2. The van der Waals surface area contributed by atoms with Crippen LogP contribution in [0.5, 0.6) is 5.75 Å². The van der Waals surface area contributed by atoms with Gasteiger partial charge in [-0.2, -0.15) is 0 Å². The molecule has 2 rings (SSSR count). The lowest BCUT2D eigenvalue weighted by Gasteiger charge is -2.40. The summed E-state index contributed by atoms with van der Waals surface area (Å²) >= 11 is 0. The summed E-state index contributed by atoms with van der Waals surface area (Å²) in [5.74, 6) is 1.17. The SMILES string of the molecule is COc1ccc(COCC[C@H](O[Si](C)(C)C(C)(C)C)[C@H](C)/C=C/c2ccccc2)cc1. The zero-order valence-corrected chi connectivity index (χ0v) is 21.4. The van der Waals surface area contributed by atoms with Gasteiger partial charge in [0.05, 0.1) is 19.8 Å². The summed E-state index contributed by atoms with van der Waals surface area (Å²) in [5.41, 5.74) is 2.37. The van der Waals surface area contributed by atoms with Crippen LogP contribution >= 0.6 is 0 Å². The molecule has 0 aliphatic rings. The summed E-state index contributed by atoms with van der Waals surface area (Å²) in [6, 6.07) is 18.5. The number of methoxy groups -OCH3 is 1. The molecule has 0 spiro atoms. The van der Waals surface area contributed by atoms with Gasteiger partial charge in [0, 0.05) is 6.61 Å². The van der Waals surface area contributed by atoms with Crippen molar-refractivity contribution in [2.24, 2.45) is 5.92 Å². The molecule has 0 fully saturated rings. The van der Waals surface area contributed by atoms with Gasteiger partial charge in [0.2, 0.25) is 0 Å². The normalized spacial score (nSPS) is 14.5. The van der Waals surface area contributed by atoms with Crippen LogP contribution in [0, 0.1) is 5.92 Å². The molecule has 0 saturated heterocycles. The van der Waals surface area contributed by atoms with Gasteiger partial charge in [0.15, 0.2) is 8.32 Å². The zero-order valence-electron chi connectivity index (χ0n) is 20.4. The molecule has 2 aromatic carbocycles. The van der Waals surface area contributed by atoms with E-state index in [-0.39, 0.29) is 11.1 Å². The quantitative estimate of drug-likeness (QED) is 0.270. The van der Waals surface area contributed by atoms with Gasteiger partial charge in [0.1, 0.15) is 5.75 Å². The minimum Gasteiger partial charge on any atom is -0.497 e. The van der Waals surface area contributed by atoms with E-state index in [4.69, 9.17) is 13.9 Å². The average Bonchev–Trinajstić information content (AvgIpc) is 2.74. The summed E-state index contributed by atoms with van der Waals surface area (Å²) in [5, 5.41) is 0.179. The minimum absolute atomic E-state index is 0.136. The van der Waals surface area contributed by atoms with E-state index in [0.717, 1.165) is 17.7 Å². The van der Waals surface area contributed by atoms with Gasteiger partial charge >= 0.3 is 0 Å². The van der Waals surface area contributed by atoms with Crippen LogP contribution in [0.1, 0.15) is 45.2 Å². The van der Waals surface area contributed by atoms with Gasteiger partial charge in [-0.15, -0.1) is 0 Å². The molecule has 0 radical (unpaired) electrons. The first-order chi connectivity index (χ1) is 14.6. The Morgan fingerprint density at radius 2 is 1.61 bits per heavy atom. The maximum absolute atomic E-state index is 6.83. The standard InChI is InChI=1S/C27H40O3Si/c1-22(13-14-23-11-9-8-10-12-23)26(30-31(6,7)27(2,3)4)19-20-29-21-24-15-17-25(28-5)18-16-24/h8-18,22,26H,19-21H2,1-7H3/b14-13+/t22-,26+/m1/s1. The predicted octanol–water partition coefficient (Wildman–Crippen LogP) is 7.34. The van der Waals surface area contributed by atoms with Gasteiger partial charge in [0.25, 0.3) is 0 Å². The number of benzene rings is 2. The maximum Gasteiger partial charge on any atom is 0.192 e. The van der Waals surface area contributed by atoms with Crippen LogP contribution in [0.3, 0.4) is 0 Å². The van der Waals surface area contributed by atoms with Gasteiger partial charge < -0.3 is 13.9 Å². The molecule has 0 N–H and O–H groups in total. The molecule has 0 saturated carbocycles. The predicted molar refractivity (Wildman–Crippen MR) is 134 cm³/mol. The van der Waals surface area contributed by atoms with E-state index < -0.39 is 8.32 Å². The van der Waals surface area contributed by atoms with Crippen LogP contribution < -0.4 is 4.74 Å². The van der Waals surface area contributed by atoms with E-state index >= 15 is 0 Å². The molecule has 2 atom stereocenters. The monoisotopic (exact) mass is 440 g/mol. The smallest absolute Gasteiger partial charge is 0.192 e. The van der Waals surface area contributed by atoms with Crippen molar-refractivity contribution in [1.82, 2.24) is 0 Å². The van der Waals surface area contributed by atoms with Gasteiger partial charge in [-0.05, 0) is 53.7 Å². The topological polar surface area (TPSA) is 27.7 Å². The molecule has 0 heterocycles. The Morgan fingerprint density at radius 1 is 0.968 bits per heavy atom. The molecule has 170 valence electrons. The van der Waals surface area contributed by atoms with E-state index in [1.165, 1.54) is 5.56 Å². The number of ether oxygens (including phenoxy) is 2. The summed E-state index contributed by atoms with van der Waals surface area (Å²) in [4.78, 5) is 0.